The number of aromatic nitrogens is 1. The first-order valence-electron chi connectivity index (χ1n) is 11.9. The second-order valence-electron chi connectivity index (χ2n) is 10.4. The molecule has 0 saturated carbocycles. The van der Waals surface area contributed by atoms with Crippen molar-refractivity contribution in [1.29, 1.82) is 0 Å². The van der Waals surface area contributed by atoms with Crippen LogP contribution in [-0.4, -0.2) is 56.7 Å². The maximum Gasteiger partial charge on any atom is 0.256 e. The standard InChI is InChI=1S/C26H29ClN4O4/c1-25(2)15-30(13-16-3-5-17(27)6-4-16)12-11-26(25,35)21-9-7-18-19(28-21)14-31(24(18)34)20-8-10-22(32)29-23(20)33/h3-7,9,20,35H,8,10-15H2,1-2H3,(H,29,32,33)/t20-,26+/m1/s1. The van der Waals surface area contributed by atoms with E-state index in [9.17, 15) is 19.5 Å². The van der Waals surface area contributed by atoms with E-state index in [1.807, 2.05) is 38.1 Å². The number of fused-ring (bicyclic) bond motifs is 1. The van der Waals surface area contributed by atoms with Crippen LogP contribution in [0, 0.1) is 5.41 Å². The van der Waals surface area contributed by atoms with E-state index in [0.717, 1.165) is 6.54 Å². The molecule has 0 bridgehead atoms. The van der Waals surface area contributed by atoms with Gasteiger partial charge in [0.2, 0.25) is 11.8 Å². The number of hydrogen-bond donors (Lipinski definition) is 2. The number of nitrogens with one attached hydrogen (secondary N) is 1. The molecule has 3 aliphatic heterocycles. The predicted molar refractivity (Wildman–Crippen MR) is 129 cm³/mol. The molecule has 1 aromatic carbocycles. The zero-order valence-electron chi connectivity index (χ0n) is 19.9. The predicted octanol–water partition coefficient (Wildman–Crippen LogP) is 2.62. The van der Waals surface area contributed by atoms with Crippen molar-refractivity contribution in [2.75, 3.05) is 13.1 Å². The molecule has 8 nitrogen and oxygen atoms in total. The van der Waals surface area contributed by atoms with Gasteiger partial charge in [0, 0.05) is 36.5 Å². The third kappa shape index (κ3) is 4.24. The molecule has 5 rings (SSSR count). The van der Waals surface area contributed by atoms with Crippen LogP contribution in [-0.2, 0) is 28.3 Å². The van der Waals surface area contributed by atoms with Crippen molar-refractivity contribution in [3.05, 3.63) is 63.9 Å². The SMILES string of the molecule is CC1(C)CN(Cc2ccc(Cl)cc2)CC[C@]1(O)c1ccc2c(n1)CN([C@@H]1CCC(=O)NC1=O)C2=O. The first kappa shape index (κ1) is 23.9. The minimum atomic E-state index is -1.16. The summed E-state index contributed by atoms with van der Waals surface area (Å²) >= 11 is 6.01. The molecule has 35 heavy (non-hydrogen) atoms. The lowest BCUT2D eigenvalue weighted by Crippen LogP contribution is -2.55. The Morgan fingerprint density at radius 3 is 2.57 bits per heavy atom. The van der Waals surface area contributed by atoms with Crippen molar-refractivity contribution < 1.29 is 19.5 Å². The molecule has 9 heteroatoms. The molecule has 0 spiro atoms. The van der Waals surface area contributed by atoms with Gasteiger partial charge in [-0.25, -0.2) is 0 Å². The lowest BCUT2D eigenvalue weighted by Gasteiger charge is -2.50. The van der Waals surface area contributed by atoms with Crippen LogP contribution in [0.15, 0.2) is 36.4 Å². The molecule has 3 amide bonds. The van der Waals surface area contributed by atoms with Crippen LogP contribution < -0.4 is 5.32 Å². The van der Waals surface area contributed by atoms with Gasteiger partial charge in [0.15, 0.2) is 0 Å². The normalized spacial score (nSPS) is 26.6. The van der Waals surface area contributed by atoms with Crippen molar-refractivity contribution in [2.45, 2.75) is 57.8 Å². The maximum absolute atomic E-state index is 13.0. The third-order valence-corrected chi connectivity index (χ3v) is 7.90. The number of imide groups is 1. The Hall–Kier alpha value is -2.81. The van der Waals surface area contributed by atoms with E-state index in [1.54, 1.807) is 12.1 Å². The van der Waals surface area contributed by atoms with Crippen molar-refractivity contribution in [1.82, 2.24) is 20.1 Å². The average Bonchev–Trinajstić information content (AvgIpc) is 3.13. The fourth-order valence-electron chi connectivity index (χ4n) is 5.55. The van der Waals surface area contributed by atoms with Gasteiger partial charge in [-0.05, 0) is 42.7 Å². The summed E-state index contributed by atoms with van der Waals surface area (Å²) in [6.07, 6.45) is 1.01. The Bertz CT molecular complexity index is 1200. The zero-order chi connectivity index (χ0) is 25.0. The number of amides is 3. The van der Waals surface area contributed by atoms with E-state index in [2.05, 4.69) is 10.2 Å². The van der Waals surface area contributed by atoms with E-state index in [4.69, 9.17) is 16.6 Å². The van der Waals surface area contributed by atoms with Crippen molar-refractivity contribution >= 4 is 29.3 Å². The fourth-order valence-corrected chi connectivity index (χ4v) is 5.68. The van der Waals surface area contributed by atoms with Crippen LogP contribution in [0.5, 0.6) is 0 Å². The Morgan fingerprint density at radius 2 is 1.89 bits per heavy atom. The molecule has 184 valence electrons. The van der Waals surface area contributed by atoms with Crippen LogP contribution >= 0.6 is 11.6 Å². The summed E-state index contributed by atoms with van der Waals surface area (Å²) in [5.41, 5.74) is 1.06. The second kappa shape index (κ2) is 8.69. The second-order valence-corrected chi connectivity index (χ2v) is 10.9. The van der Waals surface area contributed by atoms with E-state index < -0.39 is 23.0 Å². The molecule has 2 saturated heterocycles. The monoisotopic (exact) mass is 496 g/mol. The molecule has 0 radical (unpaired) electrons. The minimum Gasteiger partial charge on any atom is -0.383 e. The number of piperidine rings is 2. The molecule has 2 N–H and O–H groups in total. The smallest absolute Gasteiger partial charge is 0.256 e. The number of hydrogen-bond acceptors (Lipinski definition) is 6. The minimum absolute atomic E-state index is 0.188. The Morgan fingerprint density at radius 1 is 1.14 bits per heavy atom. The number of pyridine rings is 1. The summed E-state index contributed by atoms with van der Waals surface area (Å²) in [6, 6.07) is 10.6. The number of carbonyl (C=O) groups excluding carboxylic acids is 3. The van der Waals surface area contributed by atoms with Crippen LogP contribution in [0.2, 0.25) is 5.02 Å². The lowest BCUT2D eigenvalue weighted by atomic mass is 9.68. The first-order chi connectivity index (χ1) is 16.6. The molecule has 4 heterocycles. The van der Waals surface area contributed by atoms with E-state index >= 15 is 0 Å². The highest BCUT2D eigenvalue weighted by atomic mass is 35.5. The Balaban J connectivity index is 1.34. The molecular weight excluding hydrogens is 468 g/mol. The summed E-state index contributed by atoms with van der Waals surface area (Å²) < 4.78 is 0. The van der Waals surface area contributed by atoms with Gasteiger partial charge < -0.3 is 10.0 Å². The van der Waals surface area contributed by atoms with Gasteiger partial charge in [0.25, 0.3) is 5.91 Å². The molecule has 2 fully saturated rings. The molecule has 2 aromatic rings. The number of carbonyl (C=O) groups is 3. The maximum atomic E-state index is 13.0. The largest absolute Gasteiger partial charge is 0.383 e. The number of aliphatic hydroxyl groups is 1. The molecule has 0 unspecified atom stereocenters. The summed E-state index contributed by atoms with van der Waals surface area (Å²) in [7, 11) is 0. The number of benzene rings is 1. The Labute approximate surface area is 209 Å². The van der Waals surface area contributed by atoms with Crippen molar-refractivity contribution in [3.8, 4) is 0 Å². The number of rotatable bonds is 4. The summed E-state index contributed by atoms with van der Waals surface area (Å²) in [5, 5.41) is 14.9. The molecule has 2 atom stereocenters. The van der Waals surface area contributed by atoms with Crippen LogP contribution in [0.4, 0.5) is 0 Å². The van der Waals surface area contributed by atoms with E-state index in [1.165, 1.54) is 10.5 Å². The summed E-state index contributed by atoms with van der Waals surface area (Å²) in [4.78, 5) is 45.4. The van der Waals surface area contributed by atoms with E-state index in [0.29, 0.717) is 47.9 Å². The molecular formula is C26H29ClN4O4. The Kier molecular flexibility index (Phi) is 5.94. The van der Waals surface area contributed by atoms with Crippen molar-refractivity contribution in [2.24, 2.45) is 5.41 Å². The third-order valence-electron chi connectivity index (χ3n) is 7.64. The van der Waals surface area contributed by atoms with Gasteiger partial charge in [-0.2, -0.15) is 0 Å². The van der Waals surface area contributed by atoms with Crippen LogP contribution in [0.1, 0.15) is 60.4 Å². The average molecular weight is 497 g/mol. The van der Waals surface area contributed by atoms with Gasteiger partial charge in [0.1, 0.15) is 11.6 Å². The fraction of sp³-hybridized carbons (Fsp3) is 0.462. The highest BCUT2D eigenvalue weighted by Gasteiger charge is 2.50. The zero-order valence-corrected chi connectivity index (χ0v) is 20.6. The molecule has 3 aliphatic rings. The van der Waals surface area contributed by atoms with Gasteiger partial charge in [-0.15, -0.1) is 0 Å². The van der Waals surface area contributed by atoms with Gasteiger partial charge in [0.05, 0.1) is 23.5 Å². The molecule has 0 aliphatic carbocycles. The van der Waals surface area contributed by atoms with Gasteiger partial charge >= 0.3 is 0 Å². The quantitative estimate of drug-likeness (QED) is 0.631. The lowest BCUT2D eigenvalue weighted by molar-refractivity contribution is -0.137. The summed E-state index contributed by atoms with van der Waals surface area (Å²) in [5.74, 6) is -1.03. The van der Waals surface area contributed by atoms with E-state index in [-0.39, 0.29) is 24.8 Å². The summed E-state index contributed by atoms with van der Waals surface area (Å²) in [6.45, 7) is 6.40. The highest BCUT2D eigenvalue weighted by Crippen LogP contribution is 2.46. The van der Waals surface area contributed by atoms with Gasteiger partial charge in [-0.1, -0.05) is 37.6 Å². The topological polar surface area (TPSA) is 103 Å². The van der Waals surface area contributed by atoms with Gasteiger partial charge in [-0.3, -0.25) is 29.6 Å². The van der Waals surface area contributed by atoms with Crippen LogP contribution in [0.3, 0.4) is 0 Å². The number of nitrogens with zero attached hydrogens (tertiary/aromatic N) is 3. The first-order valence-corrected chi connectivity index (χ1v) is 12.3. The van der Waals surface area contributed by atoms with Crippen LogP contribution in [0.25, 0.3) is 0 Å². The molecule has 1 aromatic heterocycles. The van der Waals surface area contributed by atoms with Crippen molar-refractivity contribution in [3.63, 3.8) is 0 Å². The number of halogens is 1. The number of likely N-dealkylation sites (tertiary alicyclic amines) is 1. The highest BCUT2D eigenvalue weighted by molar-refractivity contribution is 6.30.